The van der Waals surface area contributed by atoms with E-state index in [9.17, 15) is 0 Å². The number of hydrogen-bond donors (Lipinski definition) is 0. The third-order valence-corrected chi connectivity index (χ3v) is 21.3. The number of thiophene rings is 2. The fraction of sp³-hybridized carbons (Fsp3) is 0. The van der Waals surface area contributed by atoms with E-state index in [1.807, 2.05) is 27.2 Å². The second kappa shape index (κ2) is 19.6. The first-order chi connectivity index (χ1) is 42.0. The van der Waals surface area contributed by atoms with E-state index in [2.05, 4.69) is 217 Å². The van der Waals surface area contributed by atoms with Crippen LogP contribution in [0.5, 0.6) is 0 Å². The lowest BCUT2D eigenvalue weighted by Crippen LogP contribution is -2.60. The number of fused-ring (bicyclic) bond motifs is 13. The molecule has 3 aromatic heterocycles. The average molecular weight is 1120 g/mol. The molecule has 14 heteroatoms. The fourth-order valence-electron chi connectivity index (χ4n) is 13.7. The molecule has 16 radical (unpaired) electrons. The van der Waals surface area contributed by atoms with E-state index in [0.29, 0.717) is 27.5 Å². The van der Waals surface area contributed by atoms with Gasteiger partial charge in [0.25, 0.3) is 0 Å². The maximum absolute atomic E-state index is 7.24. The number of anilines is 3. The van der Waals surface area contributed by atoms with Gasteiger partial charge in [-0.2, -0.15) is 0 Å². The normalized spacial score (nSPS) is 12.7. The zero-order valence-corrected chi connectivity index (χ0v) is 48.5. The highest BCUT2D eigenvalue weighted by atomic mass is 32.2. The van der Waals surface area contributed by atoms with E-state index in [4.69, 9.17) is 62.8 Å². The van der Waals surface area contributed by atoms with Crippen molar-refractivity contribution in [2.24, 2.45) is 0 Å². The molecule has 0 atom stereocenters. The molecule has 378 valence electrons. The van der Waals surface area contributed by atoms with Crippen LogP contribution in [0.25, 0.3) is 112 Å². The maximum atomic E-state index is 7.24. The van der Waals surface area contributed by atoms with E-state index >= 15 is 0 Å². The monoisotopic (exact) mass is 1120 g/mol. The molecule has 2 nitrogen and oxygen atoms in total. The Morgan fingerprint density at radius 1 is 0.326 bits per heavy atom. The van der Waals surface area contributed by atoms with E-state index in [1.165, 1.54) is 45.8 Å². The lowest BCUT2D eigenvalue weighted by molar-refractivity contribution is 1.16. The van der Waals surface area contributed by atoms with Gasteiger partial charge in [0.2, 0.25) is 6.71 Å². The van der Waals surface area contributed by atoms with Gasteiger partial charge in [-0.1, -0.05) is 191 Å². The zero-order chi connectivity index (χ0) is 58.0. The van der Waals surface area contributed by atoms with Gasteiger partial charge in [0, 0.05) is 89.4 Å². The number of hydrogen-bond acceptors (Lipinski definition) is 4. The Morgan fingerprint density at radius 2 is 0.791 bits per heavy atom. The summed E-state index contributed by atoms with van der Waals surface area (Å²) in [5.41, 5.74) is 18.2. The van der Waals surface area contributed by atoms with Crippen LogP contribution in [0.15, 0.2) is 222 Å². The number of nitrogens with zero attached hydrogens (tertiary/aromatic N) is 2. The summed E-state index contributed by atoms with van der Waals surface area (Å²) in [6, 6.07) is 77.6. The van der Waals surface area contributed by atoms with Gasteiger partial charge >= 0.3 is 0 Å². The molecule has 12 aromatic carbocycles. The molecule has 0 aliphatic carbocycles. The first-order valence-corrected chi connectivity index (χ1v) is 30.8. The van der Waals surface area contributed by atoms with Crippen LogP contribution >= 0.6 is 34.4 Å². The van der Waals surface area contributed by atoms with Gasteiger partial charge < -0.3 is 9.47 Å². The third kappa shape index (κ3) is 7.58. The molecule has 2 aliphatic heterocycles. The lowest BCUT2D eigenvalue weighted by Gasteiger charge is -2.42. The Hall–Kier alpha value is -8.39. The number of aromatic nitrogens is 1. The highest BCUT2D eigenvalue weighted by molar-refractivity contribution is 8.00. The van der Waals surface area contributed by atoms with E-state index in [0.717, 1.165) is 82.3 Å². The molecule has 5 heterocycles. The highest BCUT2D eigenvalue weighted by Crippen LogP contribution is 2.51. The molecule has 86 heavy (non-hydrogen) atoms. The third-order valence-electron chi connectivity index (χ3n) is 17.8. The van der Waals surface area contributed by atoms with Crippen molar-refractivity contribution in [1.29, 1.82) is 0 Å². The topological polar surface area (TPSA) is 8.17 Å². The molecule has 17 rings (SSSR count). The van der Waals surface area contributed by atoms with Crippen LogP contribution in [-0.2, 0) is 0 Å². The predicted molar refractivity (Wildman–Crippen MR) is 381 cm³/mol. The highest BCUT2D eigenvalue weighted by Gasteiger charge is 2.43. The van der Waals surface area contributed by atoms with Crippen molar-refractivity contribution in [2.75, 3.05) is 4.90 Å². The smallest absolute Gasteiger partial charge is 0.249 e. The second-order valence-electron chi connectivity index (χ2n) is 22.4. The molecule has 2 aliphatic rings. The first kappa shape index (κ1) is 52.0. The summed E-state index contributed by atoms with van der Waals surface area (Å²) in [5.74, 6) is 0. The van der Waals surface area contributed by atoms with Crippen molar-refractivity contribution in [3.05, 3.63) is 212 Å². The Labute approximate surface area is 521 Å². The molecule has 0 fully saturated rings. The van der Waals surface area contributed by atoms with Gasteiger partial charge in [0.1, 0.15) is 62.8 Å². The standard InChI is InChI=1S/C72H35B9N2S3/c73-61-59-60-62(74)64(76)66(78)68(80)72(60)82(71(59)67(79)65(77)63(61)75)42-34-52-69-58(35-42)86-57-33-41(39-25-29-56-48(31-39)46-17-8-10-21-54(46)85-56)23-27-50(57)81(69)49-26-22-40(38-24-28-55-47(30-38)45-16-7-9-20-53(45)84-55)32-51(49)83(52)70-43(36-12-3-1-4-13-36)18-11-19-44(70)37-14-5-2-6-15-37/h1-35H. The van der Waals surface area contributed by atoms with Crippen LogP contribution < -0.4 is 65.0 Å². The van der Waals surface area contributed by atoms with Gasteiger partial charge in [0.05, 0.1) is 5.69 Å². The maximum Gasteiger partial charge on any atom is 0.249 e. The number of rotatable bonds is 6. The minimum Gasteiger partial charge on any atom is -0.310 e. The summed E-state index contributed by atoms with van der Waals surface area (Å²) in [5, 5.41) is 5.94. The van der Waals surface area contributed by atoms with Crippen LogP contribution in [0.1, 0.15) is 0 Å². The van der Waals surface area contributed by atoms with Crippen LogP contribution in [0.3, 0.4) is 0 Å². The Bertz CT molecular complexity index is 5330. The minimum atomic E-state index is -0.222. The second-order valence-corrected chi connectivity index (χ2v) is 25.7. The van der Waals surface area contributed by atoms with Crippen molar-refractivity contribution in [3.63, 3.8) is 0 Å². The van der Waals surface area contributed by atoms with Crippen molar-refractivity contribution >= 4 is 243 Å². The van der Waals surface area contributed by atoms with Crippen LogP contribution in [0.4, 0.5) is 17.1 Å². The molecular weight excluding hydrogens is 1090 g/mol. The molecule has 0 unspecified atom stereocenters. The molecule has 0 amide bonds. The SMILES string of the molecule is [B]c1c([B])c([B])c2c(c1[B])c1c([B])c([B])c([B])c([B])c1n2-c1cc2c3c(c1)N(c1c(-c4ccccc4)cccc1-c1ccccc1)c1cc(-c4ccc5sc6ccccc6c5c4)ccc1B3c1ccc(-c3ccc4sc5ccccc5c4c3)cc1S2. The van der Waals surface area contributed by atoms with E-state index < -0.39 is 0 Å². The predicted octanol–water partition coefficient (Wildman–Crippen LogP) is 9.30. The summed E-state index contributed by atoms with van der Waals surface area (Å²) in [4.78, 5) is 4.66. The molecule has 0 saturated heterocycles. The van der Waals surface area contributed by atoms with Crippen molar-refractivity contribution in [3.8, 4) is 50.2 Å². The van der Waals surface area contributed by atoms with Crippen LogP contribution in [-0.4, -0.2) is 74.1 Å². The van der Waals surface area contributed by atoms with Gasteiger partial charge in [-0.3, -0.25) is 0 Å². The summed E-state index contributed by atoms with van der Waals surface area (Å²) in [6.45, 7) is -0.222. The molecule has 0 spiro atoms. The average Bonchev–Trinajstić information content (AvgIpc) is 1.32. The van der Waals surface area contributed by atoms with E-state index in [1.54, 1.807) is 11.8 Å². The first-order valence-electron chi connectivity index (χ1n) is 28.3. The minimum absolute atomic E-state index is 0.135. The van der Waals surface area contributed by atoms with Gasteiger partial charge in [-0.05, 0) is 116 Å². The summed E-state index contributed by atoms with van der Waals surface area (Å²) >= 11 is 5.40. The number of benzene rings is 12. The molecule has 0 N–H and O–H groups in total. The van der Waals surface area contributed by atoms with Gasteiger partial charge in [0.15, 0.2) is 0 Å². The fourth-order valence-corrected chi connectivity index (χ4v) is 17.1. The van der Waals surface area contributed by atoms with Crippen molar-refractivity contribution in [1.82, 2.24) is 4.57 Å². The molecule has 0 bridgehead atoms. The van der Waals surface area contributed by atoms with Gasteiger partial charge in [-0.15, -0.1) is 44.5 Å². The van der Waals surface area contributed by atoms with Crippen molar-refractivity contribution in [2.45, 2.75) is 9.79 Å². The summed E-state index contributed by atoms with van der Waals surface area (Å²) in [7, 11) is 55.8. The Kier molecular flexibility index (Phi) is 11.8. The summed E-state index contributed by atoms with van der Waals surface area (Å²) < 4.78 is 7.05. The largest absolute Gasteiger partial charge is 0.310 e. The van der Waals surface area contributed by atoms with E-state index in [-0.39, 0.29) is 50.4 Å². The zero-order valence-electron chi connectivity index (χ0n) is 46.0. The Morgan fingerprint density at radius 3 is 1.35 bits per heavy atom. The van der Waals surface area contributed by atoms with Crippen LogP contribution in [0.2, 0.25) is 0 Å². The number of para-hydroxylation sites is 1. The molecular formula is C72H35B9N2S3. The lowest BCUT2D eigenvalue weighted by atomic mass is 9.34. The van der Waals surface area contributed by atoms with Crippen molar-refractivity contribution < 1.29 is 0 Å². The molecule has 15 aromatic rings. The molecule has 0 saturated carbocycles. The van der Waals surface area contributed by atoms with Crippen LogP contribution in [0, 0.1) is 0 Å². The summed E-state index contributed by atoms with van der Waals surface area (Å²) in [6.07, 6.45) is 0. The Balaban J connectivity index is 1.00. The quantitative estimate of drug-likeness (QED) is 0.154. The van der Waals surface area contributed by atoms with Gasteiger partial charge in [-0.25, -0.2) is 0 Å².